The number of amides is 1. The van der Waals surface area contributed by atoms with Gasteiger partial charge in [0.05, 0.1) is 5.92 Å². The monoisotopic (exact) mass is 361 g/mol. The smallest absolute Gasteiger partial charge is 0.234 e. The highest BCUT2D eigenvalue weighted by Gasteiger charge is 2.32. The number of nitrogens with zero attached hydrogens (tertiary/aromatic N) is 3. The molecule has 0 bridgehead atoms. The number of aryl methyl sites for hydroxylation is 1. The minimum Gasteiger partial charge on any atom is -0.342 e. The Labute approximate surface area is 159 Å². The van der Waals surface area contributed by atoms with Gasteiger partial charge in [-0.05, 0) is 30.9 Å². The molecule has 1 aliphatic heterocycles. The van der Waals surface area contributed by atoms with Crippen LogP contribution in [0.15, 0.2) is 65.2 Å². The van der Waals surface area contributed by atoms with Gasteiger partial charge in [0.2, 0.25) is 11.8 Å². The summed E-state index contributed by atoms with van der Waals surface area (Å²) in [5.41, 5.74) is 2.06. The van der Waals surface area contributed by atoms with Crippen LogP contribution in [0, 0.1) is 6.92 Å². The van der Waals surface area contributed by atoms with Crippen molar-refractivity contribution in [3.8, 4) is 0 Å². The van der Waals surface area contributed by atoms with E-state index in [-0.39, 0.29) is 17.7 Å². The molecule has 0 aliphatic carbocycles. The van der Waals surface area contributed by atoms with Crippen LogP contribution in [0.5, 0.6) is 0 Å². The maximum atomic E-state index is 13.4. The summed E-state index contributed by atoms with van der Waals surface area (Å²) in [5.74, 6) is 1.49. The molecule has 1 amide bonds. The molecular weight excluding hydrogens is 338 g/mol. The van der Waals surface area contributed by atoms with Crippen LogP contribution in [0.25, 0.3) is 0 Å². The molecule has 0 saturated carbocycles. The Morgan fingerprint density at radius 3 is 2.04 bits per heavy atom. The number of hydrogen-bond acceptors (Lipinski definition) is 4. The van der Waals surface area contributed by atoms with E-state index in [0.29, 0.717) is 24.8 Å². The summed E-state index contributed by atoms with van der Waals surface area (Å²) in [5, 5.41) is 3.89. The number of piperidine rings is 1. The molecular formula is C22H23N3O2. The summed E-state index contributed by atoms with van der Waals surface area (Å²) in [4.78, 5) is 19.8. The quantitative estimate of drug-likeness (QED) is 0.707. The van der Waals surface area contributed by atoms with E-state index in [0.717, 1.165) is 24.0 Å². The molecule has 0 atom stereocenters. The standard InChI is InChI=1S/C22H23N3O2/c1-16-23-21(27-24-16)19-12-14-25(15-13-19)22(26)20(17-8-4-2-5-9-17)18-10-6-3-7-11-18/h2-11,19-20H,12-15H2,1H3. The number of carbonyl (C=O) groups excluding carboxylic acids is 1. The molecule has 1 saturated heterocycles. The van der Waals surface area contributed by atoms with Crippen LogP contribution < -0.4 is 0 Å². The Morgan fingerprint density at radius 1 is 1.00 bits per heavy atom. The van der Waals surface area contributed by atoms with Gasteiger partial charge in [0.15, 0.2) is 5.82 Å². The average molecular weight is 361 g/mol. The lowest BCUT2D eigenvalue weighted by molar-refractivity contribution is -0.133. The molecule has 5 heteroatoms. The van der Waals surface area contributed by atoms with Crippen LogP contribution in [0.4, 0.5) is 0 Å². The van der Waals surface area contributed by atoms with Crippen LogP contribution in [-0.4, -0.2) is 34.0 Å². The van der Waals surface area contributed by atoms with Crippen LogP contribution in [0.1, 0.15) is 47.5 Å². The summed E-state index contributed by atoms with van der Waals surface area (Å²) in [6, 6.07) is 20.0. The van der Waals surface area contributed by atoms with Crippen molar-refractivity contribution in [1.29, 1.82) is 0 Å². The first-order valence-corrected chi connectivity index (χ1v) is 9.41. The maximum absolute atomic E-state index is 13.4. The highest BCUT2D eigenvalue weighted by Crippen LogP contribution is 2.31. The van der Waals surface area contributed by atoms with E-state index in [9.17, 15) is 4.79 Å². The molecule has 0 unspecified atom stereocenters. The predicted octanol–water partition coefficient (Wildman–Crippen LogP) is 3.92. The summed E-state index contributed by atoms with van der Waals surface area (Å²) in [6.45, 7) is 3.25. The van der Waals surface area contributed by atoms with E-state index in [1.165, 1.54) is 0 Å². The first-order chi connectivity index (χ1) is 13.2. The molecule has 27 heavy (non-hydrogen) atoms. The Kier molecular flexibility index (Phi) is 5.01. The predicted molar refractivity (Wildman–Crippen MR) is 102 cm³/mol. The van der Waals surface area contributed by atoms with Crippen molar-refractivity contribution < 1.29 is 9.32 Å². The number of carbonyl (C=O) groups is 1. The molecule has 1 aliphatic rings. The van der Waals surface area contributed by atoms with Gasteiger partial charge >= 0.3 is 0 Å². The lowest BCUT2D eigenvalue weighted by Crippen LogP contribution is -2.41. The topological polar surface area (TPSA) is 59.2 Å². The van der Waals surface area contributed by atoms with Crippen LogP contribution in [0.3, 0.4) is 0 Å². The highest BCUT2D eigenvalue weighted by molar-refractivity contribution is 5.87. The number of rotatable bonds is 4. The highest BCUT2D eigenvalue weighted by atomic mass is 16.5. The number of likely N-dealkylation sites (tertiary alicyclic amines) is 1. The normalized spacial score (nSPS) is 15.3. The van der Waals surface area contributed by atoms with Crippen molar-refractivity contribution in [1.82, 2.24) is 15.0 Å². The van der Waals surface area contributed by atoms with Crippen molar-refractivity contribution in [2.45, 2.75) is 31.6 Å². The lowest BCUT2D eigenvalue weighted by Gasteiger charge is -2.33. The SMILES string of the molecule is Cc1noc(C2CCN(C(=O)C(c3ccccc3)c3ccccc3)CC2)n1. The van der Waals surface area contributed by atoms with Gasteiger partial charge < -0.3 is 9.42 Å². The summed E-state index contributed by atoms with van der Waals surface area (Å²) in [6.07, 6.45) is 1.70. The van der Waals surface area contributed by atoms with Gasteiger partial charge in [-0.2, -0.15) is 4.98 Å². The number of hydrogen-bond donors (Lipinski definition) is 0. The lowest BCUT2D eigenvalue weighted by atomic mass is 9.88. The van der Waals surface area contributed by atoms with Gasteiger partial charge in [0.1, 0.15) is 0 Å². The molecule has 0 radical (unpaired) electrons. The van der Waals surface area contributed by atoms with E-state index in [4.69, 9.17) is 4.52 Å². The zero-order chi connectivity index (χ0) is 18.6. The fourth-order valence-electron chi connectivity index (χ4n) is 3.78. The van der Waals surface area contributed by atoms with Gasteiger partial charge in [-0.25, -0.2) is 0 Å². The third kappa shape index (κ3) is 3.77. The average Bonchev–Trinajstić information content (AvgIpc) is 3.16. The third-order valence-electron chi connectivity index (χ3n) is 5.21. The molecule has 0 N–H and O–H groups in total. The van der Waals surface area contributed by atoms with E-state index in [1.54, 1.807) is 0 Å². The zero-order valence-electron chi connectivity index (χ0n) is 15.4. The van der Waals surface area contributed by atoms with Crippen molar-refractivity contribution in [2.75, 3.05) is 13.1 Å². The largest absolute Gasteiger partial charge is 0.342 e. The molecule has 138 valence electrons. The summed E-state index contributed by atoms with van der Waals surface area (Å²) < 4.78 is 5.32. The van der Waals surface area contributed by atoms with Crippen LogP contribution in [0.2, 0.25) is 0 Å². The Hall–Kier alpha value is -2.95. The second-order valence-corrected chi connectivity index (χ2v) is 7.03. The van der Waals surface area contributed by atoms with Gasteiger partial charge in [0.25, 0.3) is 0 Å². The first-order valence-electron chi connectivity index (χ1n) is 9.41. The fourth-order valence-corrected chi connectivity index (χ4v) is 3.78. The molecule has 5 nitrogen and oxygen atoms in total. The Morgan fingerprint density at radius 2 is 1.56 bits per heavy atom. The minimum atomic E-state index is -0.269. The molecule has 0 spiro atoms. The number of aromatic nitrogens is 2. The number of benzene rings is 2. The van der Waals surface area contributed by atoms with E-state index in [1.807, 2.05) is 72.5 Å². The second-order valence-electron chi connectivity index (χ2n) is 7.03. The van der Waals surface area contributed by atoms with Gasteiger partial charge in [0, 0.05) is 19.0 Å². The molecule has 2 aromatic carbocycles. The maximum Gasteiger partial charge on any atom is 0.234 e. The van der Waals surface area contributed by atoms with Gasteiger partial charge in [-0.1, -0.05) is 65.8 Å². The molecule has 1 aromatic heterocycles. The molecule has 4 rings (SSSR count). The van der Waals surface area contributed by atoms with E-state index >= 15 is 0 Å². The van der Waals surface area contributed by atoms with Crippen molar-refractivity contribution in [2.24, 2.45) is 0 Å². The van der Waals surface area contributed by atoms with E-state index in [2.05, 4.69) is 10.1 Å². The summed E-state index contributed by atoms with van der Waals surface area (Å²) >= 11 is 0. The van der Waals surface area contributed by atoms with E-state index < -0.39 is 0 Å². The Balaban J connectivity index is 1.53. The van der Waals surface area contributed by atoms with Crippen molar-refractivity contribution >= 4 is 5.91 Å². The molecule has 1 fully saturated rings. The van der Waals surface area contributed by atoms with Gasteiger partial charge in [-0.15, -0.1) is 0 Å². The summed E-state index contributed by atoms with van der Waals surface area (Å²) in [7, 11) is 0. The minimum absolute atomic E-state index is 0.160. The van der Waals surface area contributed by atoms with Crippen LogP contribution >= 0.6 is 0 Å². The molecule has 2 heterocycles. The van der Waals surface area contributed by atoms with Crippen molar-refractivity contribution in [3.05, 3.63) is 83.5 Å². The van der Waals surface area contributed by atoms with Gasteiger partial charge in [-0.3, -0.25) is 4.79 Å². The first kappa shape index (κ1) is 17.5. The second kappa shape index (κ2) is 7.74. The molecule has 3 aromatic rings. The van der Waals surface area contributed by atoms with Crippen molar-refractivity contribution in [3.63, 3.8) is 0 Å². The third-order valence-corrected chi connectivity index (χ3v) is 5.21. The zero-order valence-corrected chi connectivity index (χ0v) is 15.4. The van der Waals surface area contributed by atoms with Crippen LogP contribution in [-0.2, 0) is 4.79 Å². The Bertz CT molecular complexity index is 845. The fraction of sp³-hybridized carbons (Fsp3) is 0.318.